The molecule has 3 aliphatic heterocycles. The Kier molecular flexibility index (Phi) is 16.7. The van der Waals surface area contributed by atoms with Gasteiger partial charge in [-0.1, -0.05) is 52.8 Å². The molecule has 2 N–H and O–H groups in total. The molecule has 3 amide bonds. The highest BCUT2D eigenvalue weighted by Crippen LogP contribution is 2.52. The molecule has 1 aromatic rings. The smallest absolute Gasteiger partial charge is 0.419 e. The van der Waals surface area contributed by atoms with Crippen molar-refractivity contribution in [2.75, 3.05) is 26.7 Å². The quantitative estimate of drug-likeness (QED) is 0.0671. The first kappa shape index (κ1) is 48.1. The van der Waals surface area contributed by atoms with Crippen LogP contribution >= 0.6 is 9.24 Å². The molecule has 60 heavy (non-hydrogen) atoms. The number of imide groups is 1. The number of hydrogen-bond donors (Lipinski definition) is 2. The number of β-amino-alcohol motifs (C(OH)–C–C–N with tert-alkyl or cyclic N) is 1. The number of nitrogens with zero attached hydrogens (tertiary/aromatic N) is 5. The van der Waals surface area contributed by atoms with Gasteiger partial charge in [-0.25, -0.2) is 24.5 Å². The lowest BCUT2D eigenvalue weighted by atomic mass is 9.75. The molecule has 4 aliphatic rings. The largest absolute Gasteiger partial charge is 0.443 e. The number of piperidine rings is 1. The van der Waals surface area contributed by atoms with Crippen molar-refractivity contribution in [3.63, 3.8) is 0 Å². The lowest BCUT2D eigenvalue weighted by Crippen LogP contribution is -2.58. The molecule has 5 rings (SSSR count). The Hall–Kier alpha value is -4.58. The van der Waals surface area contributed by atoms with Crippen LogP contribution < -0.4 is 5.32 Å². The summed E-state index contributed by atoms with van der Waals surface area (Å²) in [6.07, 6.45) is 18.2. The number of pyridine rings is 1. The van der Waals surface area contributed by atoms with E-state index in [0.29, 0.717) is 18.5 Å². The number of aromatic nitrogens is 1. The number of aldehydes is 1. The third-order valence-electron chi connectivity index (χ3n) is 11.0. The first-order chi connectivity index (χ1) is 28.3. The normalized spacial score (nSPS) is 23.8. The zero-order valence-electron chi connectivity index (χ0n) is 36.7. The Morgan fingerprint density at radius 1 is 1.12 bits per heavy atom. The van der Waals surface area contributed by atoms with Crippen LogP contribution in [0.1, 0.15) is 102 Å². The van der Waals surface area contributed by atoms with E-state index in [-0.39, 0.29) is 48.4 Å². The van der Waals surface area contributed by atoms with Crippen molar-refractivity contribution in [3.05, 3.63) is 89.6 Å². The number of unbranched alkanes of at least 4 members (excludes halogenated alkanes) is 2. The predicted molar refractivity (Wildman–Crippen MR) is 240 cm³/mol. The zero-order valence-corrected chi connectivity index (χ0v) is 37.9. The van der Waals surface area contributed by atoms with E-state index in [0.717, 1.165) is 77.8 Å². The molecule has 1 aromatic heterocycles. The standard InChI is InChI=1S/C31H41N4O5P.C15H24N2O2/c1-29(2,3)39-27(37)35(28(38)40-30(4,5)6)12-10-8-7-9-11-20-14-23-25(33-17-20)34-26(41)31(23)15-22-13-21(19-36)18-32-24(22)16-31;1-5-7-12(6-2)13-10-14(16-4)15(19)17(8-9-18)11(13)3/h9,11,13,17-20H,7-8,10,12,14-16,41H2,1-6H3;5-7,11,13-14,16,18H,1-2,8-10H2,3-4H3/b11-9+;12-7+. The summed E-state index contributed by atoms with van der Waals surface area (Å²) in [6.45, 7) is 20.7. The number of aliphatic imine (C=N–C) groups is 2. The van der Waals surface area contributed by atoms with E-state index in [9.17, 15) is 19.2 Å². The highest BCUT2D eigenvalue weighted by Gasteiger charge is 2.49. The van der Waals surface area contributed by atoms with Gasteiger partial charge in [-0.3, -0.25) is 14.6 Å². The Morgan fingerprint density at radius 2 is 1.80 bits per heavy atom. The molecule has 1 aliphatic carbocycles. The maximum atomic E-state index is 12.7. The summed E-state index contributed by atoms with van der Waals surface area (Å²) in [5.74, 6) is 1.21. The van der Waals surface area contributed by atoms with E-state index in [4.69, 9.17) is 24.6 Å². The van der Waals surface area contributed by atoms with Gasteiger partial charge in [0, 0.05) is 71.9 Å². The molecule has 1 saturated heterocycles. The molecule has 0 bridgehead atoms. The van der Waals surface area contributed by atoms with E-state index in [2.05, 4.69) is 44.9 Å². The minimum absolute atomic E-state index is 0.0200. The molecule has 4 heterocycles. The van der Waals surface area contributed by atoms with Crippen LogP contribution in [0.4, 0.5) is 9.59 Å². The maximum absolute atomic E-state index is 12.7. The average Bonchev–Trinajstić information content (AvgIpc) is 3.69. The summed E-state index contributed by atoms with van der Waals surface area (Å²) in [6, 6.07) is 1.78. The van der Waals surface area contributed by atoms with Gasteiger partial charge in [0.25, 0.3) is 0 Å². The van der Waals surface area contributed by atoms with E-state index < -0.39 is 23.4 Å². The van der Waals surface area contributed by atoms with Crippen LogP contribution in [0.15, 0.2) is 82.8 Å². The number of aliphatic hydroxyl groups excluding tert-OH is 1. The first-order valence-corrected chi connectivity index (χ1v) is 21.4. The number of hydrogen-bond acceptors (Lipinski definition) is 11. The van der Waals surface area contributed by atoms with E-state index >= 15 is 0 Å². The summed E-state index contributed by atoms with van der Waals surface area (Å²) < 4.78 is 10.9. The van der Waals surface area contributed by atoms with Gasteiger partial charge in [0.05, 0.1) is 12.6 Å². The van der Waals surface area contributed by atoms with Crippen LogP contribution in [-0.4, -0.2) is 106 Å². The maximum Gasteiger partial charge on any atom is 0.419 e. The van der Waals surface area contributed by atoms with Gasteiger partial charge in [0.15, 0.2) is 12.1 Å². The number of ether oxygens (including phenoxy) is 2. The van der Waals surface area contributed by atoms with Crippen LogP contribution in [0.3, 0.4) is 0 Å². The summed E-state index contributed by atoms with van der Waals surface area (Å²) in [5.41, 5.74) is 4.34. The number of nitrogens with one attached hydrogen (secondary N) is 1. The van der Waals surface area contributed by atoms with E-state index in [1.807, 2.05) is 31.4 Å². The highest BCUT2D eigenvalue weighted by atomic mass is 31.0. The highest BCUT2D eigenvalue weighted by molar-refractivity contribution is 7.41. The fourth-order valence-corrected chi connectivity index (χ4v) is 8.55. The van der Waals surface area contributed by atoms with Crippen molar-refractivity contribution < 1.29 is 33.8 Å². The van der Waals surface area contributed by atoms with Gasteiger partial charge in [-0.15, -0.1) is 0 Å². The lowest BCUT2D eigenvalue weighted by molar-refractivity contribution is -0.141. The second-order valence-electron chi connectivity index (χ2n) is 17.7. The number of aliphatic hydroxyl groups is 1. The monoisotopic (exact) mass is 844 g/mol. The molecule has 326 valence electrons. The second kappa shape index (κ2) is 20.8. The summed E-state index contributed by atoms with van der Waals surface area (Å²) >= 11 is 0. The minimum Gasteiger partial charge on any atom is -0.443 e. The fourth-order valence-electron chi connectivity index (χ4n) is 8.05. The summed E-state index contributed by atoms with van der Waals surface area (Å²) in [7, 11) is 4.59. The third-order valence-corrected chi connectivity index (χ3v) is 11.7. The number of likely N-dealkylation sites (N-methyl/N-ethyl adjacent to an activating group) is 1. The SMILES string of the molecule is C=C/C=C(\C=C)C1CC(NC)C(=O)N(CCO)C1C.CC(C)(C)OC(=O)N(CCCC/C=C/C1C=NC2=C(C1)C1(Cc3cc(C=O)cnc3C1)C(P)=N2)C(=O)OC(C)(C)C. The van der Waals surface area contributed by atoms with Crippen LogP contribution in [0.2, 0.25) is 0 Å². The van der Waals surface area contributed by atoms with E-state index in [1.165, 1.54) is 5.57 Å². The van der Waals surface area contributed by atoms with Gasteiger partial charge >= 0.3 is 12.2 Å². The zero-order chi connectivity index (χ0) is 44.4. The van der Waals surface area contributed by atoms with Crippen LogP contribution in [0, 0.1) is 17.3 Å². The molecular formula is C46H65N6O7P. The minimum atomic E-state index is -0.715. The van der Waals surface area contributed by atoms with Gasteiger partial charge in [0.1, 0.15) is 11.2 Å². The number of rotatable bonds is 13. The second-order valence-corrected chi connectivity index (χ2v) is 18.2. The van der Waals surface area contributed by atoms with Crippen LogP contribution in [-0.2, 0) is 27.1 Å². The molecule has 1 spiro atoms. The van der Waals surface area contributed by atoms with Crippen molar-refractivity contribution in [1.82, 2.24) is 20.1 Å². The van der Waals surface area contributed by atoms with Crippen molar-refractivity contribution >= 4 is 45.3 Å². The van der Waals surface area contributed by atoms with Crippen molar-refractivity contribution in [1.29, 1.82) is 0 Å². The summed E-state index contributed by atoms with van der Waals surface area (Å²) in [5, 5.41) is 12.2. The number of carbonyl (C=O) groups excluding carboxylic acids is 4. The first-order valence-electron chi connectivity index (χ1n) is 20.8. The Bertz CT molecular complexity index is 1910. The molecule has 6 atom stereocenters. The van der Waals surface area contributed by atoms with Gasteiger partial charge in [-0.05, 0) is 117 Å². The number of likely N-dealkylation sites (tertiary alicyclic amines) is 1. The number of carbonyl (C=O) groups is 4. The Labute approximate surface area is 358 Å². The molecule has 1 fully saturated rings. The topological polar surface area (TPSA) is 163 Å². The van der Waals surface area contributed by atoms with Crippen LogP contribution in [0.5, 0.6) is 0 Å². The molecular weight excluding hydrogens is 780 g/mol. The number of allylic oxidation sites excluding steroid dienone is 6. The molecule has 0 saturated carbocycles. The van der Waals surface area contributed by atoms with Gasteiger partial charge in [0.2, 0.25) is 5.91 Å². The van der Waals surface area contributed by atoms with Gasteiger partial charge < -0.3 is 24.8 Å². The van der Waals surface area contributed by atoms with Crippen molar-refractivity contribution in [3.8, 4) is 0 Å². The van der Waals surface area contributed by atoms with Crippen molar-refractivity contribution in [2.24, 2.45) is 27.2 Å². The average molecular weight is 845 g/mol. The molecule has 6 unspecified atom stereocenters. The molecule has 0 aromatic carbocycles. The Morgan fingerprint density at radius 3 is 2.38 bits per heavy atom. The predicted octanol–water partition coefficient (Wildman–Crippen LogP) is 7.57. The van der Waals surface area contributed by atoms with E-state index in [1.54, 1.807) is 65.8 Å². The molecule has 13 nitrogen and oxygen atoms in total. The molecule has 0 radical (unpaired) electrons. The summed E-state index contributed by atoms with van der Waals surface area (Å²) in [4.78, 5) is 65.7. The van der Waals surface area contributed by atoms with Crippen molar-refractivity contribution in [2.45, 2.75) is 117 Å². The van der Waals surface area contributed by atoms with Gasteiger partial charge in [-0.2, -0.15) is 0 Å². The van der Waals surface area contributed by atoms with Crippen LogP contribution in [0.25, 0.3) is 0 Å². The lowest BCUT2D eigenvalue weighted by Gasteiger charge is -2.43. The number of fused-ring (bicyclic) bond motifs is 2. The molecule has 14 heteroatoms. The fraction of sp³-hybridized carbons (Fsp3) is 0.543. The Balaban J connectivity index is 0.000000350. The number of amides is 3. The third kappa shape index (κ3) is 12.0.